The quantitative estimate of drug-likeness (QED) is 0.793. The molecule has 2 amide bonds. The maximum Gasteiger partial charge on any atom is 0.253 e. The first-order valence-electron chi connectivity index (χ1n) is 7.84. The number of nitrogens with zero attached hydrogens (tertiary/aromatic N) is 1. The summed E-state index contributed by atoms with van der Waals surface area (Å²) in [6.45, 7) is 1.51. The van der Waals surface area contributed by atoms with Crippen molar-refractivity contribution in [3.05, 3.63) is 59.7 Å². The lowest BCUT2D eigenvalue weighted by molar-refractivity contribution is -0.114. The van der Waals surface area contributed by atoms with Gasteiger partial charge in [-0.1, -0.05) is 12.1 Å². The number of hydrogen-bond acceptors (Lipinski definition) is 4. The first-order valence-corrected chi connectivity index (χ1v) is 7.84. The van der Waals surface area contributed by atoms with E-state index in [2.05, 4.69) is 10.6 Å². The Labute approximate surface area is 146 Å². The summed E-state index contributed by atoms with van der Waals surface area (Å²) in [5.74, 6) is -0.407. The number of rotatable bonds is 6. The Kier molecular flexibility index (Phi) is 5.89. The maximum atomic E-state index is 12.1. The van der Waals surface area contributed by atoms with Crippen LogP contribution in [0.2, 0.25) is 0 Å². The zero-order valence-electron chi connectivity index (χ0n) is 14.5. The summed E-state index contributed by atoms with van der Waals surface area (Å²) in [6.07, 6.45) is 0. The fraction of sp³-hybridized carbons (Fsp3) is 0.211. The molecule has 6 heteroatoms. The topological polar surface area (TPSA) is 78.5 Å². The number of carbonyl (C=O) groups excluding carboxylic acids is 3. The Hall–Kier alpha value is -3.15. The Balaban J connectivity index is 1.95. The molecule has 130 valence electrons. The van der Waals surface area contributed by atoms with Crippen molar-refractivity contribution in [2.75, 3.05) is 31.3 Å². The molecule has 6 nitrogen and oxygen atoms in total. The first kappa shape index (κ1) is 18.2. The van der Waals surface area contributed by atoms with E-state index in [1.54, 1.807) is 62.6 Å². The lowest BCUT2D eigenvalue weighted by Gasteiger charge is -2.12. The molecule has 0 fully saturated rings. The zero-order valence-corrected chi connectivity index (χ0v) is 14.5. The number of ketones is 1. The van der Waals surface area contributed by atoms with Crippen molar-refractivity contribution in [2.45, 2.75) is 6.92 Å². The van der Waals surface area contributed by atoms with Gasteiger partial charge in [-0.15, -0.1) is 0 Å². The van der Waals surface area contributed by atoms with Crippen LogP contribution in [0, 0.1) is 0 Å². The van der Waals surface area contributed by atoms with E-state index in [0.29, 0.717) is 22.5 Å². The largest absolute Gasteiger partial charge is 0.376 e. The van der Waals surface area contributed by atoms with Gasteiger partial charge in [-0.3, -0.25) is 14.4 Å². The van der Waals surface area contributed by atoms with E-state index in [9.17, 15) is 14.4 Å². The maximum absolute atomic E-state index is 12.1. The van der Waals surface area contributed by atoms with E-state index in [4.69, 9.17) is 0 Å². The molecule has 2 aromatic rings. The van der Waals surface area contributed by atoms with Crippen molar-refractivity contribution in [1.82, 2.24) is 4.90 Å². The van der Waals surface area contributed by atoms with Crippen molar-refractivity contribution >= 4 is 29.0 Å². The lowest BCUT2D eigenvalue weighted by atomic mass is 10.1. The highest BCUT2D eigenvalue weighted by Gasteiger charge is 2.10. The number of para-hydroxylation sites is 1. The predicted octanol–water partition coefficient (Wildman–Crippen LogP) is 2.64. The highest BCUT2D eigenvalue weighted by molar-refractivity contribution is 6.01. The standard InChI is InChI=1S/C19H21N3O3/c1-13(23)16-6-4-5-7-17(16)20-12-18(24)21-15-10-8-14(9-11-15)19(25)22(2)3/h4-11,20H,12H2,1-3H3,(H,21,24). The van der Waals surface area contributed by atoms with E-state index in [-0.39, 0.29) is 24.1 Å². The van der Waals surface area contributed by atoms with Gasteiger partial charge in [0.05, 0.1) is 6.54 Å². The zero-order chi connectivity index (χ0) is 18.4. The first-order chi connectivity index (χ1) is 11.9. The van der Waals surface area contributed by atoms with Crippen LogP contribution >= 0.6 is 0 Å². The van der Waals surface area contributed by atoms with Crippen molar-refractivity contribution < 1.29 is 14.4 Å². The van der Waals surface area contributed by atoms with Gasteiger partial charge >= 0.3 is 0 Å². The van der Waals surface area contributed by atoms with Crippen molar-refractivity contribution in [3.63, 3.8) is 0 Å². The fourth-order valence-electron chi connectivity index (χ4n) is 2.28. The Bertz CT molecular complexity index is 783. The van der Waals surface area contributed by atoms with Gasteiger partial charge in [-0.05, 0) is 43.3 Å². The molecular formula is C19H21N3O3. The van der Waals surface area contributed by atoms with E-state index in [0.717, 1.165) is 0 Å². The van der Waals surface area contributed by atoms with Crippen LogP contribution < -0.4 is 10.6 Å². The van der Waals surface area contributed by atoms with Gasteiger partial charge < -0.3 is 15.5 Å². The molecule has 0 bridgehead atoms. The van der Waals surface area contributed by atoms with E-state index >= 15 is 0 Å². The Morgan fingerprint density at radius 3 is 2.20 bits per heavy atom. The molecule has 0 radical (unpaired) electrons. The summed E-state index contributed by atoms with van der Waals surface area (Å²) < 4.78 is 0. The van der Waals surface area contributed by atoms with Crippen LogP contribution in [-0.2, 0) is 4.79 Å². The third-order valence-electron chi connectivity index (χ3n) is 3.57. The molecule has 0 atom stereocenters. The average molecular weight is 339 g/mol. The minimum absolute atomic E-state index is 0.0304. The minimum Gasteiger partial charge on any atom is -0.376 e. The lowest BCUT2D eigenvalue weighted by Crippen LogP contribution is -2.23. The number of anilines is 2. The summed E-state index contributed by atoms with van der Waals surface area (Å²) in [4.78, 5) is 36.9. The molecule has 25 heavy (non-hydrogen) atoms. The molecule has 2 aromatic carbocycles. The summed E-state index contributed by atoms with van der Waals surface area (Å²) in [5, 5.41) is 5.71. The fourth-order valence-corrected chi connectivity index (χ4v) is 2.28. The summed E-state index contributed by atoms with van der Waals surface area (Å²) in [6, 6.07) is 13.7. The van der Waals surface area contributed by atoms with Crippen LogP contribution in [0.1, 0.15) is 27.6 Å². The number of benzene rings is 2. The van der Waals surface area contributed by atoms with E-state index in [1.807, 2.05) is 0 Å². The number of amides is 2. The molecule has 2 N–H and O–H groups in total. The molecule has 0 unspecified atom stereocenters. The summed E-state index contributed by atoms with van der Waals surface area (Å²) in [5.41, 5.74) is 2.32. The predicted molar refractivity (Wildman–Crippen MR) is 98.0 cm³/mol. The van der Waals surface area contributed by atoms with Crippen LogP contribution in [0.15, 0.2) is 48.5 Å². The minimum atomic E-state index is -0.245. The number of carbonyl (C=O) groups is 3. The van der Waals surface area contributed by atoms with Crippen LogP contribution in [0.4, 0.5) is 11.4 Å². The highest BCUT2D eigenvalue weighted by Crippen LogP contribution is 2.15. The molecule has 0 saturated heterocycles. The molecule has 2 rings (SSSR count). The van der Waals surface area contributed by atoms with Gasteiger partial charge in [-0.2, -0.15) is 0 Å². The van der Waals surface area contributed by atoms with Crippen LogP contribution in [-0.4, -0.2) is 43.1 Å². The van der Waals surface area contributed by atoms with Gasteiger partial charge in [0.2, 0.25) is 5.91 Å². The third kappa shape index (κ3) is 4.91. The van der Waals surface area contributed by atoms with Crippen LogP contribution in [0.5, 0.6) is 0 Å². The van der Waals surface area contributed by atoms with Crippen molar-refractivity contribution in [1.29, 1.82) is 0 Å². The highest BCUT2D eigenvalue weighted by atomic mass is 16.2. The molecule has 0 aliphatic carbocycles. The van der Waals surface area contributed by atoms with E-state index in [1.165, 1.54) is 11.8 Å². The smallest absolute Gasteiger partial charge is 0.253 e. The average Bonchev–Trinajstić information content (AvgIpc) is 2.60. The molecular weight excluding hydrogens is 318 g/mol. The van der Waals surface area contributed by atoms with Crippen LogP contribution in [0.3, 0.4) is 0 Å². The molecule has 0 aromatic heterocycles. The SMILES string of the molecule is CC(=O)c1ccccc1NCC(=O)Nc1ccc(C(=O)N(C)C)cc1. The number of hydrogen-bond donors (Lipinski definition) is 2. The Morgan fingerprint density at radius 2 is 1.60 bits per heavy atom. The van der Waals surface area contributed by atoms with Crippen molar-refractivity contribution in [3.8, 4) is 0 Å². The second-order valence-electron chi connectivity index (χ2n) is 5.78. The van der Waals surface area contributed by atoms with Gasteiger partial charge in [0.15, 0.2) is 5.78 Å². The molecule has 0 aliphatic rings. The molecule has 0 spiro atoms. The van der Waals surface area contributed by atoms with Crippen LogP contribution in [0.25, 0.3) is 0 Å². The van der Waals surface area contributed by atoms with E-state index < -0.39 is 0 Å². The van der Waals surface area contributed by atoms with Gasteiger partial charge in [0.1, 0.15) is 0 Å². The van der Waals surface area contributed by atoms with Gasteiger partial charge in [0.25, 0.3) is 5.91 Å². The Morgan fingerprint density at radius 1 is 0.960 bits per heavy atom. The normalized spacial score (nSPS) is 10.0. The number of Topliss-reactive ketones (excluding diaryl/α,β-unsaturated/α-hetero) is 1. The summed E-state index contributed by atoms with van der Waals surface area (Å²) >= 11 is 0. The molecule has 0 saturated carbocycles. The van der Waals surface area contributed by atoms with Gasteiger partial charge in [-0.25, -0.2) is 0 Å². The van der Waals surface area contributed by atoms with Crippen molar-refractivity contribution in [2.24, 2.45) is 0 Å². The second kappa shape index (κ2) is 8.10. The molecule has 0 aliphatic heterocycles. The third-order valence-corrected chi connectivity index (χ3v) is 3.57. The molecule has 0 heterocycles. The monoisotopic (exact) mass is 339 g/mol. The second-order valence-corrected chi connectivity index (χ2v) is 5.78. The van der Waals surface area contributed by atoms with Gasteiger partial charge in [0, 0.05) is 36.6 Å². The number of nitrogens with one attached hydrogen (secondary N) is 2. The summed E-state index contributed by atoms with van der Waals surface area (Å²) in [7, 11) is 3.37.